The molecule has 0 saturated carbocycles. The maximum atomic E-state index is 11.4. The van der Waals surface area contributed by atoms with E-state index in [1.807, 2.05) is 0 Å². The minimum Gasteiger partial charge on any atom is -0.369 e. The lowest BCUT2D eigenvalue weighted by atomic mass is 10.1. The third-order valence-electron chi connectivity index (χ3n) is 2.55. The Hall–Kier alpha value is -1.19. The number of primary amides is 2. The van der Waals surface area contributed by atoms with E-state index in [-0.39, 0.29) is 24.6 Å². The van der Waals surface area contributed by atoms with Gasteiger partial charge in [0.15, 0.2) is 9.84 Å². The predicted molar refractivity (Wildman–Crippen MR) is 60.4 cm³/mol. The summed E-state index contributed by atoms with van der Waals surface area (Å²) in [6, 6.07) is -1.24. The molecule has 17 heavy (non-hydrogen) atoms. The first kappa shape index (κ1) is 13.9. The molecule has 1 aliphatic rings. The summed E-state index contributed by atoms with van der Waals surface area (Å²) in [4.78, 5) is 23.0. The zero-order valence-corrected chi connectivity index (χ0v) is 10.0. The summed E-state index contributed by atoms with van der Waals surface area (Å²) in [5.74, 6) is -1.68. The van der Waals surface area contributed by atoms with E-state index in [0.717, 1.165) is 0 Å². The quantitative estimate of drug-likeness (QED) is 0.466. The van der Waals surface area contributed by atoms with Crippen LogP contribution in [-0.4, -0.2) is 61.8 Å². The molecule has 0 aromatic heterocycles. The molecule has 1 heterocycles. The molecule has 2 atom stereocenters. The molecule has 8 nitrogen and oxygen atoms in total. The van der Waals surface area contributed by atoms with E-state index in [9.17, 15) is 18.0 Å². The number of amides is 2. The standard InChI is InChI=1S/C8H16N4O4S/c9-5-3-17(15,16)4-6(5)12(1-7(10)13)2-8(11)14/h5-6H,1-4,9H2,(H2,10,13)(H2,11,14). The van der Waals surface area contributed by atoms with Gasteiger partial charge in [-0.2, -0.15) is 0 Å². The van der Waals surface area contributed by atoms with Crippen LogP contribution in [0.2, 0.25) is 0 Å². The summed E-state index contributed by atoms with van der Waals surface area (Å²) in [6.07, 6.45) is 0. The molecule has 98 valence electrons. The third-order valence-corrected chi connectivity index (χ3v) is 4.29. The number of carbonyl (C=O) groups excluding carboxylic acids is 2. The number of nitrogens with zero attached hydrogens (tertiary/aromatic N) is 1. The number of hydrogen-bond donors (Lipinski definition) is 3. The van der Waals surface area contributed by atoms with Gasteiger partial charge in [-0.05, 0) is 0 Å². The molecule has 0 aromatic rings. The van der Waals surface area contributed by atoms with E-state index in [0.29, 0.717) is 0 Å². The normalized spacial score (nSPS) is 27.2. The third kappa shape index (κ3) is 3.95. The lowest BCUT2D eigenvalue weighted by Gasteiger charge is -2.28. The van der Waals surface area contributed by atoms with Crippen LogP contribution >= 0.6 is 0 Å². The Morgan fingerprint density at radius 1 is 1.12 bits per heavy atom. The fourth-order valence-electron chi connectivity index (χ4n) is 1.92. The summed E-state index contributed by atoms with van der Waals surface area (Å²) in [7, 11) is -3.23. The van der Waals surface area contributed by atoms with Crippen molar-refractivity contribution in [3.05, 3.63) is 0 Å². The van der Waals surface area contributed by atoms with Crippen molar-refractivity contribution in [2.45, 2.75) is 12.1 Å². The van der Waals surface area contributed by atoms with Crippen LogP contribution in [0.3, 0.4) is 0 Å². The molecule has 1 saturated heterocycles. The maximum Gasteiger partial charge on any atom is 0.231 e. The average molecular weight is 264 g/mol. The second kappa shape index (κ2) is 4.98. The lowest BCUT2D eigenvalue weighted by molar-refractivity contribution is -0.122. The van der Waals surface area contributed by atoms with Gasteiger partial charge < -0.3 is 17.2 Å². The minimum absolute atomic E-state index is 0.161. The first-order chi connectivity index (χ1) is 7.71. The highest BCUT2D eigenvalue weighted by atomic mass is 32.2. The van der Waals surface area contributed by atoms with E-state index < -0.39 is 33.7 Å². The lowest BCUT2D eigenvalue weighted by Crippen LogP contribution is -2.52. The SMILES string of the molecule is NC(=O)CN(CC(N)=O)C1CS(=O)(=O)CC1N. The van der Waals surface area contributed by atoms with Gasteiger partial charge in [0.2, 0.25) is 11.8 Å². The number of sulfone groups is 1. The van der Waals surface area contributed by atoms with Crippen LogP contribution in [-0.2, 0) is 19.4 Å². The summed E-state index contributed by atoms with van der Waals surface area (Å²) < 4.78 is 22.8. The number of hydrogen-bond acceptors (Lipinski definition) is 6. The van der Waals surface area contributed by atoms with Crippen molar-refractivity contribution in [3.63, 3.8) is 0 Å². The molecule has 6 N–H and O–H groups in total. The molecule has 2 unspecified atom stereocenters. The molecule has 0 spiro atoms. The fourth-order valence-corrected chi connectivity index (χ4v) is 3.85. The Labute approximate surface area is 99.0 Å². The van der Waals surface area contributed by atoms with Crippen LogP contribution in [0.15, 0.2) is 0 Å². The van der Waals surface area contributed by atoms with Crippen molar-refractivity contribution in [2.24, 2.45) is 17.2 Å². The zero-order chi connectivity index (χ0) is 13.2. The molecule has 1 fully saturated rings. The van der Waals surface area contributed by atoms with Gasteiger partial charge in [-0.15, -0.1) is 0 Å². The first-order valence-electron chi connectivity index (χ1n) is 4.98. The molecule has 1 rings (SSSR count). The summed E-state index contributed by atoms with van der Waals surface area (Å²) >= 11 is 0. The van der Waals surface area contributed by atoms with E-state index in [1.165, 1.54) is 4.90 Å². The van der Waals surface area contributed by atoms with Crippen molar-refractivity contribution in [1.82, 2.24) is 4.90 Å². The minimum atomic E-state index is -3.23. The Bertz CT molecular complexity index is 405. The van der Waals surface area contributed by atoms with Gasteiger partial charge >= 0.3 is 0 Å². The van der Waals surface area contributed by atoms with Crippen LogP contribution in [0.25, 0.3) is 0 Å². The van der Waals surface area contributed by atoms with Gasteiger partial charge in [-0.25, -0.2) is 8.42 Å². The number of rotatable bonds is 5. The second-order valence-corrected chi connectivity index (χ2v) is 6.30. The summed E-state index contributed by atoms with van der Waals surface area (Å²) in [5.41, 5.74) is 15.7. The molecule has 2 amide bonds. The molecular formula is C8H16N4O4S. The van der Waals surface area contributed by atoms with Crippen molar-refractivity contribution in [2.75, 3.05) is 24.6 Å². The molecule has 1 aliphatic heterocycles. The second-order valence-electron chi connectivity index (χ2n) is 4.15. The zero-order valence-electron chi connectivity index (χ0n) is 9.20. The van der Waals surface area contributed by atoms with Crippen molar-refractivity contribution in [1.29, 1.82) is 0 Å². The predicted octanol–water partition coefficient (Wildman–Crippen LogP) is -3.62. The van der Waals surface area contributed by atoms with E-state index >= 15 is 0 Å². The fraction of sp³-hybridized carbons (Fsp3) is 0.750. The van der Waals surface area contributed by atoms with Gasteiger partial charge in [0.1, 0.15) is 0 Å². The first-order valence-corrected chi connectivity index (χ1v) is 6.80. The Balaban J connectivity index is 2.83. The smallest absolute Gasteiger partial charge is 0.231 e. The monoisotopic (exact) mass is 264 g/mol. The maximum absolute atomic E-state index is 11.4. The molecule has 0 aromatic carbocycles. The topological polar surface area (TPSA) is 150 Å². The Morgan fingerprint density at radius 3 is 1.88 bits per heavy atom. The number of carbonyl (C=O) groups is 2. The van der Waals surface area contributed by atoms with Crippen LogP contribution in [0.1, 0.15) is 0 Å². The van der Waals surface area contributed by atoms with Gasteiger partial charge in [0.05, 0.1) is 24.6 Å². The largest absolute Gasteiger partial charge is 0.369 e. The van der Waals surface area contributed by atoms with Crippen molar-refractivity contribution in [3.8, 4) is 0 Å². The highest BCUT2D eigenvalue weighted by molar-refractivity contribution is 7.91. The average Bonchev–Trinajstić information content (AvgIpc) is 2.36. The van der Waals surface area contributed by atoms with E-state index in [2.05, 4.69) is 0 Å². The van der Waals surface area contributed by atoms with Gasteiger partial charge in [-0.1, -0.05) is 0 Å². The van der Waals surface area contributed by atoms with Gasteiger partial charge in [0.25, 0.3) is 0 Å². The highest BCUT2D eigenvalue weighted by Gasteiger charge is 2.39. The Morgan fingerprint density at radius 2 is 1.59 bits per heavy atom. The van der Waals surface area contributed by atoms with Crippen LogP contribution < -0.4 is 17.2 Å². The molecule has 0 aliphatic carbocycles. The van der Waals surface area contributed by atoms with Crippen molar-refractivity contribution >= 4 is 21.7 Å². The molecule has 0 bridgehead atoms. The van der Waals surface area contributed by atoms with Crippen molar-refractivity contribution < 1.29 is 18.0 Å². The van der Waals surface area contributed by atoms with E-state index in [4.69, 9.17) is 17.2 Å². The summed E-state index contributed by atoms with van der Waals surface area (Å²) in [6.45, 7) is -0.479. The van der Waals surface area contributed by atoms with Gasteiger partial charge in [0, 0.05) is 12.1 Å². The molecular weight excluding hydrogens is 248 g/mol. The number of nitrogens with two attached hydrogens (primary N) is 3. The van der Waals surface area contributed by atoms with Crippen LogP contribution in [0.4, 0.5) is 0 Å². The van der Waals surface area contributed by atoms with Gasteiger partial charge in [-0.3, -0.25) is 14.5 Å². The molecule has 9 heteroatoms. The van der Waals surface area contributed by atoms with Crippen LogP contribution in [0.5, 0.6) is 0 Å². The Kier molecular flexibility index (Phi) is 4.07. The highest BCUT2D eigenvalue weighted by Crippen LogP contribution is 2.16. The van der Waals surface area contributed by atoms with E-state index in [1.54, 1.807) is 0 Å². The molecule has 0 radical (unpaired) electrons. The summed E-state index contributed by atoms with van der Waals surface area (Å²) in [5, 5.41) is 0. The van der Waals surface area contributed by atoms with Crippen LogP contribution in [0, 0.1) is 0 Å².